The smallest absolute Gasteiger partial charge is 0.325 e. The fourth-order valence-corrected chi connectivity index (χ4v) is 3.09. The lowest BCUT2D eigenvalue weighted by Crippen LogP contribution is -2.42. The quantitative estimate of drug-likeness (QED) is 0.542. The maximum absolute atomic E-state index is 12.7. The standard InChI is InChI=1S/C21H26O3Si/c1-21(2,3)25(4,5)24-20(23)18-14-10-9-13-17(18)15-19(22)16-11-7-6-8-12-16/h6-14H,15H2,1-5H3. The van der Waals surface area contributed by atoms with Gasteiger partial charge in [0.15, 0.2) is 5.78 Å². The molecule has 0 amide bonds. The third kappa shape index (κ3) is 4.66. The summed E-state index contributed by atoms with van der Waals surface area (Å²) in [5.41, 5.74) is 1.84. The van der Waals surface area contributed by atoms with Crippen molar-refractivity contribution in [3.63, 3.8) is 0 Å². The van der Waals surface area contributed by atoms with Crippen LogP contribution in [0.25, 0.3) is 0 Å². The zero-order chi connectivity index (χ0) is 18.7. The zero-order valence-corrected chi connectivity index (χ0v) is 16.6. The molecule has 2 rings (SSSR count). The molecule has 0 atom stereocenters. The van der Waals surface area contributed by atoms with Crippen molar-refractivity contribution in [1.82, 2.24) is 0 Å². The maximum Gasteiger partial charge on any atom is 0.325 e. The van der Waals surface area contributed by atoms with Crippen LogP contribution in [0.15, 0.2) is 54.6 Å². The summed E-state index contributed by atoms with van der Waals surface area (Å²) in [4.78, 5) is 25.2. The molecule has 3 nitrogen and oxygen atoms in total. The molecule has 0 bridgehead atoms. The number of hydrogen-bond acceptors (Lipinski definition) is 3. The number of ketones is 1. The van der Waals surface area contributed by atoms with Gasteiger partial charge in [-0.25, -0.2) is 4.79 Å². The Bertz CT molecular complexity index is 758. The van der Waals surface area contributed by atoms with E-state index in [-0.39, 0.29) is 23.2 Å². The minimum atomic E-state index is -2.21. The lowest BCUT2D eigenvalue weighted by molar-refractivity contribution is 0.0711. The van der Waals surface area contributed by atoms with Gasteiger partial charge in [0, 0.05) is 12.0 Å². The van der Waals surface area contributed by atoms with Crippen LogP contribution in [0.5, 0.6) is 0 Å². The molecule has 0 spiro atoms. The van der Waals surface area contributed by atoms with Crippen LogP contribution in [0.2, 0.25) is 18.1 Å². The van der Waals surface area contributed by atoms with Crippen molar-refractivity contribution in [1.29, 1.82) is 0 Å². The monoisotopic (exact) mass is 354 g/mol. The summed E-state index contributed by atoms with van der Waals surface area (Å²) in [6.07, 6.45) is 0.187. The van der Waals surface area contributed by atoms with Crippen molar-refractivity contribution >= 4 is 20.1 Å². The highest BCUT2D eigenvalue weighted by atomic mass is 28.4. The van der Waals surface area contributed by atoms with E-state index in [2.05, 4.69) is 20.8 Å². The topological polar surface area (TPSA) is 43.4 Å². The summed E-state index contributed by atoms with van der Waals surface area (Å²) < 4.78 is 5.90. The van der Waals surface area contributed by atoms with E-state index in [1.807, 2.05) is 43.4 Å². The van der Waals surface area contributed by atoms with E-state index in [9.17, 15) is 9.59 Å². The highest BCUT2D eigenvalue weighted by Gasteiger charge is 2.40. The SMILES string of the molecule is CC(C)(C)[Si](C)(C)OC(=O)c1ccccc1CC(=O)c1ccccc1. The van der Waals surface area contributed by atoms with Crippen molar-refractivity contribution in [2.24, 2.45) is 0 Å². The van der Waals surface area contributed by atoms with E-state index in [1.165, 1.54) is 0 Å². The number of carbonyl (C=O) groups excluding carboxylic acids is 2. The van der Waals surface area contributed by atoms with E-state index in [1.54, 1.807) is 24.3 Å². The summed E-state index contributed by atoms with van der Waals surface area (Å²) >= 11 is 0. The fraction of sp³-hybridized carbons (Fsp3) is 0.333. The zero-order valence-electron chi connectivity index (χ0n) is 15.6. The molecule has 0 aliphatic rings. The normalized spacial score (nSPS) is 11.9. The Kier molecular flexibility index (Phi) is 5.63. The van der Waals surface area contributed by atoms with Crippen molar-refractivity contribution in [3.05, 3.63) is 71.3 Å². The Morgan fingerprint density at radius 1 is 0.920 bits per heavy atom. The molecule has 25 heavy (non-hydrogen) atoms. The van der Waals surface area contributed by atoms with Gasteiger partial charge in [0.05, 0.1) is 5.56 Å². The molecule has 0 aliphatic heterocycles. The van der Waals surface area contributed by atoms with Gasteiger partial charge in [0.1, 0.15) is 0 Å². The van der Waals surface area contributed by atoms with Crippen molar-refractivity contribution in [3.8, 4) is 0 Å². The number of rotatable bonds is 5. The van der Waals surface area contributed by atoms with E-state index < -0.39 is 8.32 Å². The largest absolute Gasteiger partial charge is 0.516 e. The first-order valence-electron chi connectivity index (χ1n) is 8.51. The highest BCUT2D eigenvalue weighted by molar-refractivity contribution is 6.75. The third-order valence-corrected chi connectivity index (χ3v) is 9.15. The van der Waals surface area contributed by atoms with Crippen LogP contribution in [0, 0.1) is 0 Å². The van der Waals surface area contributed by atoms with Gasteiger partial charge in [0.2, 0.25) is 0 Å². The van der Waals surface area contributed by atoms with Gasteiger partial charge in [-0.2, -0.15) is 0 Å². The Balaban J connectivity index is 2.23. The average Bonchev–Trinajstić information content (AvgIpc) is 2.54. The summed E-state index contributed by atoms with van der Waals surface area (Å²) in [7, 11) is -2.21. The van der Waals surface area contributed by atoms with E-state index in [0.717, 1.165) is 0 Å². The first-order valence-corrected chi connectivity index (χ1v) is 11.4. The van der Waals surface area contributed by atoms with Crippen LogP contribution in [-0.4, -0.2) is 20.1 Å². The molecule has 132 valence electrons. The minimum Gasteiger partial charge on any atom is -0.516 e. The molecule has 0 unspecified atom stereocenters. The Morgan fingerprint density at radius 2 is 1.48 bits per heavy atom. The van der Waals surface area contributed by atoms with Gasteiger partial charge in [-0.3, -0.25) is 4.79 Å². The highest BCUT2D eigenvalue weighted by Crippen LogP contribution is 2.37. The second-order valence-electron chi connectivity index (χ2n) is 7.77. The van der Waals surface area contributed by atoms with E-state index in [0.29, 0.717) is 16.7 Å². The summed E-state index contributed by atoms with van der Waals surface area (Å²) in [6.45, 7) is 10.4. The number of benzene rings is 2. The van der Waals surface area contributed by atoms with Crippen molar-refractivity contribution in [2.45, 2.75) is 45.3 Å². The molecule has 2 aromatic carbocycles. The molecule has 2 aromatic rings. The Labute approximate surface area is 151 Å². The van der Waals surface area contributed by atoms with E-state index >= 15 is 0 Å². The van der Waals surface area contributed by atoms with Crippen molar-refractivity contribution in [2.75, 3.05) is 0 Å². The molecule has 0 fully saturated rings. The second-order valence-corrected chi connectivity index (χ2v) is 12.5. The molecule has 0 radical (unpaired) electrons. The van der Waals surface area contributed by atoms with Gasteiger partial charge in [-0.05, 0) is 29.8 Å². The molecular formula is C21H26O3Si. The third-order valence-electron chi connectivity index (χ3n) is 4.84. The number of carbonyl (C=O) groups is 2. The summed E-state index contributed by atoms with van der Waals surface area (Å²) in [5.74, 6) is -0.337. The lowest BCUT2D eigenvalue weighted by Gasteiger charge is -2.35. The fourth-order valence-electron chi connectivity index (χ4n) is 2.21. The molecule has 0 heterocycles. The van der Waals surface area contributed by atoms with Crippen LogP contribution in [0.3, 0.4) is 0 Å². The van der Waals surface area contributed by atoms with Crippen molar-refractivity contribution < 1.29 is 14.0 Å². The van der Waals surface area contributed by atoms with Crippen LogP contribution >= 0.6 is 0 Å². The van der Waals surface area contributed by atoms with Gasteiger partial charge < -0.3 is 4.43 Å². The average molecular weight is 355 g/mol. The number of hydrogen-bond donors (Lipinski definition) is 0. The van der Waals surface area contributed by atoms with Gasteiger partial charge in [-0.15, -0.1) is 0 Å². The van der Waals surface area contributed by atoms with Gasteiger partial charge >= 0.3 is 5.97 Å². The van der Waals surface area contributed by atoms with Crippen LogP contribution in [0.4, 0.5) is 0 Å². The van der Waals surface area contributed by atoms with Gasteiger partial charge in [-0.1, -0.05) is 69.3 Å². The molecule has 4 heteroatoms. The Morgan fingerprint density at radius 3 is 2.08 bits per heavy atom. The van der Waals surface area contributed by atoms with Crippen LogP contribution < -0.4 is 0 Å². The van der Waals surface area contributed by atoms with Crippen LogP contribution in [-0.2, 0) is 10.8 Å². The minimum absolute atomic E-state index is 0.00632. The predicted molar refractivity (Wildman–Crippen MR) is 104 cm³/mol. The second kappa shape index (κ2) is 7.36. The van der Waals surface area contributed by atoms with Crippen LogP contribution in [0.1, 0.15) is 47.1 Å². The first kappa shape index (κ1) is 19.1. The Hall–Kier alpha value is -2.20. The molecule has 0 saturated carbocycles. The first-order chi connectivity index (χ1) is 11.6. The predicted octanol–water partition coefficient (Wildman–Crippen LogP) is 5.27. The van der Waals surface area contributed by atoms with Gasteiger partial charge in [0.25, 0.3) is 8.32 Å². The molecular weight excluding hydrogens is 328 g/mol. The summed E-state index contributed by atoms with van der Waals surface area (Å²) in [5, 5.41) is -0.0581. The summed E-state index contributed by atoms with van der Waals surface area (Å²) in [6, 6.07) is 16.3. The molecule has 0 N–H and O–H groups in total. The molecule has 0 aliphatic carbocycles. The number of Topliss-reactive ketones (excluding diaryl/α,β-unsaturated/α-hetero) is 1. The lowest BCUT2D eigenvalue weighted by atomic mass is 9.99. The molecule has 0 saturated heterocycles. The molecule has 0 aromatic heterocycles. The van der Waals surface area contributed by atoms with E-state index in [4.69, 9.17) is 4.43 Å². The maximum atomic E-state index is 12.7.